The van der Waals surface area contributed by atoms with Gasteiger partial charge in [-0.05, 0) is 12.1 Å². The van der Waals surface area contributed by atoms with E-state index in [1.54, 1.807) is 28.6 Å². The molecule has 2 rings (SSSR count). The third-order valence-electron chi connectivity index (χ3n) is 2.81. The van der Waals surface area contributed by atoms with Gasteiger partial charge >= 0.3 is 12.1 Å². The topological polar surface area (TPSA) is 89.2 Å². The monoisotopic (exact) mass is 378 g/mol. The fraction of sp³-hybridized carbons (Fsp3) is 0.357. The molecule has 0 aliphatic heterocycles. The summed E-state index contributed by atoms with van der Waals surface area (Å²) in [5, 5.41) is 11.0. The van der Waals surface area contributed by atoms with Crippen molar-refractivity contribution in [3.8, 4) is 0 Å². The molecule has 0 saturated heterocycles. The Hall–Kier alpha value is -2.43. The minimum atomic E-state index is -5.08. The lowest BCUT2D eigenvalue weighted by atomic mass is 10.4. The number of carboxylic acids is 1. The quantitative estimate of drug-likeness (QED) is 0.613. The highest BCUT2D eigenvalue weighted by molar-refractivity contribution is 7.99. The van der Waals surface area contributed by atoms with Crippen LogP contribution < -0.4 is 5.32 Å². The first-order chi connectivity index (χ1) is 11.6. The van der Waals surface area contributed by atoms with Crippen molar-refractivity contribution in [3.05, 3.63) is 36.4 Å². The first kappa shape index (κ1) is 20.6. The number of carboxylic acid groups (broad SMARTS) is 1. The molecule has 0 aliphatic rings. The number of aromatic nitrogens is 3. The Balaban J connectivity index is 0.000000381. The predicted octanol–water partition coefficient (Wildman–Crippen LogP) is 1.91. The summed E-state index contributed by atoms with van der Waals surface area (Å²) in [5.74, 6) is -1.99. The van der Waals surface area contributed by atoms with Gasteiger partial charge in [0.15, 0.2) is 5.16 Å². The van der Waals surface area contributed by atoms with Gasteiger partial charge in [-0.1, -0.05) is 11.8 Å². The van der Waals surface area contributed by atoms with Gasteiger partial charge in [0.2, 0.25) is 0 Å². The van der Waals surface area contributed by atoms with Crippen LogP contribution in [0.1, 0.15) is 10.5 Å². The second kappa shape index (κ2) is 9.16. The molecular formula is C14H17F3N4O3S. The summed E-state index contributed by atoms with van der Waals surface area (Å²) in [6.07, 6.45) is 0.452. The number of amides is 1. The van der Waals surface area contributed by atoms with E-state index in [1.807, 2.05) is 37.1 Å². The molecular weight excluding hydrogens is 361 g/mol. The molecule has 25 heavy (non-hydrogen) atoms. The SMILES string of the molecule is Cn1cccc1C(=O)NCCSc1nccn1C.O=C(O)C(F)(F)F. The molecule has 2 aromatic heterocycles. The van der Waals surface area contributed by atoms with Crippen LogP contribution in [0.3, 0.4) is 0 Å². The molecule has 0 fully saturated rings. The lowest BCUT2D eigenvalue weighted by molar-refractivity contribution is -0.192. The maximum Gasteiger partial charge on any atom is 0.490 e. The number of hydrogen-bond acceptors (Lipinski definition) is 4. The average Bonchev–Trinajstić information content (AvgIpc) is 3.12. The molecule has 0 aliphatic carbocycles. The van der Waals surface area contributed by atoms with Crippen LogP contribution in [-0.4, -0.2) is 49.6 Å². The standard InChI is InChI=1S/C12H16N4OS.C2HF3O2/c1-15-7-3-4-10(15)11(17)13-6-9-18-12-14-5-8-16(12)2;3-2(4,5)1(6)7/h3-5,7-8H,6,9H2,1-2H3,(H,13,17);(H,6,7). The van der Waals surface area contributed by atoms with E-state index in [0.717, 1.165) is 10.9 Å². The molecule has 2 N–H and O–H groups in total. The molecule has 0 spiro atoms. The maximum absolute atomic E-state index is 11.8. The molecule has 0 radical (unpaired) electrons. The van der Waals surface area contributed by atoms with E-state index >= 15 is 0 Å². The number of thioether (sulfide) groups is 1. The van der Waals surface area contributed by atoms with Crippen molar-refractivity contribution in [2.45, 2.75) is 11.3 Å². The van der Waals surface area contributed by atoms with Crippen LogP contribution in [0.4, 0.5) is 13.2 Å². The Morgan fingerprint density at radius 2 is 1.92 bits per heavy atom. The second-order valence-electron chi connectivity index (χ2n) is 4.73. The maximum atomic E-state index is 11.8. The van der Waals surface area contributed by atoms with E-state index in [4.69, 9.17) is 9.90 Å². The molecule has 0 atom stereocenters. The number of carbonyl (C=O) groups is 2. The van der Waals surface area contributed by atoms with Gasteiger partial charge in [0, 0.05) is 45.0 Å². The van der Waals surface area contributed by atoms with Crippen molar-refractivity contribution in [1.29, 1.82) is 0 Å². The average molecular weight is 378 g/mol. The number of aryl methyl sites for hydroxylation is 2. The number of aliphatic carboxylic acids is 1. The van der Waals surface area contributed by atoms with E-state index in [-0.39, 0.29) is 5.91 Å². The van der Waals surface area contributed by atoms with Gasteiger partial charge in [-0.25, -0.2) is 9.78 Å². The summed E-state index contributed by atoms with van der Waals surface area (Å²) < 4.78 is 35.5. The van der Waals surface area contributed by atoms with Gasteiger partial charge in [0.05, 0.1) is 0 Å². The zero-order valence-electron chi connectivity index (χ0n) is 13.4. The number of nitrogens with zero attached hydrogens (tertiary/aromatic N) is 3. The second-order valence-corrected chi connectivity index (χ2v) is 5.79. The number of carbonyl (C=O) groups excluding carboxylic acids is 1. The highest BCUT2D eigenvalue weighted by atomic mass is 32.2. The molecule has 0 bridgehead atoms. The Bertz CT molecular complexity index is 712. The van der Waals surface area contributed by atoms with Gasteiger partial charge in [-0.15, -0.1) is 0 Å². The number of halogens is 3. The summed E-state index contributed by atoms with van der Waals surface area (Å²) in [4.78, 5) is 24.9. The van der Waals surface area contributed by atoms with Gasteiger partial charge in [0.25, 0.3) is 5.91 Å². The summed E-state index contributed by atoms with van der Waals surface area (Å²) in [5.41, 5.74) is 0.678. The number of rotatable bonds is 5. The van der Waals surface area contributed by atoms with Crippen molar-refractivity contribution in [3.63, 3.8) is 0 Å². The van der Waals surface area contributed by atoms with Crippen molar-refractivity contribution in [1.82, 2.24) is 19.4 Å². The molecule has 2 heterocycles. The van der Waals surface area contributed by atoms with Crippen LogP contribution in [0, 0.1) is 0 Å². The minimum absolute atomic E-state index is 0.0389. The molecule has 11 heteroatoms. The third kappa shape index (κ3) is 6.91. The van der Waals surface area contributed by atoms with Crippen molar-refractivity contribution in [2.75, 3.05) is 12.3 Å². The molecule has 1 amide bonds. The predicted molar refractivity (Wildman–Crippen MR) is 85.4 cm³/mol. The van der Waals surface area contributed by atoms with Crippen molar-refractivity contribution in [2.24, 2.45) is 14.1 Å². The van der Waals surface area contributed by atoms with E-state index in [2.05, 4.69) is 10.3 Å². The van der Waals surface area contributed by atoms with Crippen LogP contribution >= 0.6 is 11.8 Å². The van der Waals surface area contributed by atoms with E-state index in [9.17, 15) is 18.0 Å². The van der Waals surface area contributed by atoms with Crippen molar-refractivity contribution < 1.29 is 27.9 Å². The third-order valence-corrected chi connectivity index (χ3v) is 3.87. The normalized spacial score (nSPS) is 10.8. The smallest absolute Gasteiger partial charge is 0.475 e. The van der Waals surface area contributed by atoms with E-state index < -0.39 is 12.1 Å². The lowest BCUT2D eigenvalue weighted by Crippen LogP contribution is -2.27. The Morgan fingerprint density at radius 3 is 2.36 bits per heavy atom. The summed E-state index contributed by atoms with van der Waals surface area (Å²) in [6, 6.07) is 3.67. The fourth-order valence-corrected chi connectivity index (χ4v) is 2.37. The van der Waals surface area contributed by atoms with Crippen LogP contribution in [0.15, 0.2) is 35.9 Å². The van der Waals surface area contributed by atoms with Gasteiger partial charge in [0.1, 0.15) is 5.69 Å². The highest BCUT2D eigenvalue weighted by Crippen LogP contribution is 2.13. The van der Waals surface area contributed by atoms with Crippen LogP contribution in [0.2, 0.25) is 0 Å². The Morgan fingerprint density at radius 1 is 1.28 bits per heavy atom. The molecule has 7 nitrogen and oxygen atoms in total. The Labute approximate surface area is 145 Å². The first-order valence-electron chi connectivity index (χ1n) is 6.92. The lowest BCUT2D eigenvalue weighted by Gasteiger charge is -2.06. The number of hydrogen-bond donors (Lipinski definition) is 2. The summed E-state index contributed by atoms with van der Waals surface area (Å²) in [6.45, 7) is 0.627. The zero-order valence-corrected chi connectivity index (χ0v) is 14.3. The first-order valence-corrected chi connectivity index (χ1v) is 7.91. The van der Waals surface area contributed by atoms with Gasteiger partial charge in [-0.2, -0.15) is 13.2 Å². The molecule has 0 aromatic carbocycles. The summed E-state index contributed by atoms with van der Waals surface area (Å²) >= 11 is 1.63. The largest absolute Gasteiger partial charge is 0.490 e. The number of nitrogens with one attached hydrogen (secondary N) is 1. The molecule has 0 unspecified atom stereocenters. The fourth-order valence-electron chi connectivity index (χ4n) is 1.59. The van der Waals surface area contributed by atoms with Crippen LogP contribution in [-0.2, 0) is 18.9 Å². The van der Waals surface area contributed by atoms with Crippen molar-refractivity contribution >= 4 is 23.6 Å². The number of alkyl halides is 3. The molecule has 138 valence electrons. The number of imidazole rings is 1. The highest BCUT2D eigenvalue weighted by Gasteiger charge is 2.38. The minimum Gasteiger partial charge on any atom is -0.475 e. The zero-order chi connectivity index (χ0) is 19.0. The van der Waals surface area contributed by atoms with Gasteiger partial charge in [-0.3, -0.25) is 4.79 Å². The van der Waals surface area contributed by atoms with Gasteiger partial charge < -0.3 is 19.6 Å². The summed E-state index contributed by atoms with van der Waals surface area (Å²) in [7, 11) is 3.81. The van der Waals surface area contributed by atoms with E-state index in [0.29, 0.717) is 12.2 Å². The molecule has 0 saturated carbocycles. The van der Waals surface area contributed by atoms with Crippen LogP contribution in [0.5, 0.6) is 0 Å². The van der Waals surface area contributed by atoms with Crippen LogP contribution in [0.25, 0.3) is 0 Å². The Kier molecular flexibility index (Phi) is 7.55. The molecule has 2 aromatic rings. The van der Waals surface area contributed by atoms with E-state index in [1.165, 1.54) is 0 Å².